The van der Waals surface area contributed by atoms with Gasteiger partial charge in [-0.25, -0.2) is 19.9 Å². The fraction of sp³-hybridized carbons (Fsp3) is 0.579. The predicted octanol–water partition coefficient (Wildman–Crippen LogP) is 3.42. The first kappa shape index (κ1) is 17.5. The molecule has 0 radical (unpaired) electrons. The van der Waals surface area contributed by atoms with Crippen LogP contribution in [0.25, 0.3) is 0 Å². The second-order valence-electron chi connectivity index (χ2n) is 8.17. The van der Waals surface area contributed by atoms with Gasteiger partial charge in [-0.1, -0.05) is 32.4 Å². The van der Waals surface area contributed by atoms with Crippen LogP contribution in [0.4, 0.5) is 11.8 Å². The van der Waals surface area contributed by atoms with Gasteiger partial charge in [0.15, 0.2) is 0 Å². The normalized spacial score (nSPS) is 18.3. The third-order valence-corrected chi connectivity index (χ3v) is 5.13. The summed E-state index contributed by atoms with van der Waals surface area (Å²) in [7, 11) is 0. The van der Waals surface area contributed by atoms with Crippen LogP contribution in [0.2, 0.25) is 5.02 Å². The zero-order valence-corrected chi connectivity index (χ0v) is 16.4. The molecular formula is C19H25ClN6. The monoisotopic (exact) mass is 372 g/mol. The number of hydrogen-bond donors (Lipinski definition) is 0. The molecule has 1 aliphatic heterocycles. The van der Waals surface area contributed by atoms with Crippen LogP contribution in [0.1, 0.15) is 51.0 Å². The van der Waals surface area contributed by atoms with Crippen LogP contribution in [0.3, 0.4) is 0 Å². The van der Waals surface area contributed by atoms with Gasteiger partial charge in [-0.15, -0.1) is 0 Å². The highest BCUT2D eigenvalue weighted by Gasteiger charge is 2.30. The predicted molar refractivity (Wildman–Crippen MR) is 104 cm³/mol. The molecule has 0 amide bonds. The molecule has 0 atom stereocenters. The molecule has 2 aliphatic rings. The molecule has 0 aromatic carbocycles. The van der Waals surface area contributed by atoms with E-state index < -0.39 is 0 Å². The van der Waals surface area contributed by atoms with Crippen molar-refractivity contribution in [1.82, 2.24) is 19.9 Å². The van der Waals surface area contributed by atoms with Gasteiger partial charge in [-0.2, -0.15) is 0 Å². The van der Waals surface area contributed by atoms with E-state index in [0.29, 0.717) is 10.9 Å². The molecule has 26 heavy (non-hydrogen) atoms. The van der Waals surface area contributed by atoms with Crippen molar-refractivity contribution in [2.45, 2.75) is 44.9 Å². The van der Waals surface area contributed by atoms with Crippen LogP contribution in [-0.2, 0) is 5.41 Å². The summed E-state index contributed by atoms with van der Waals surface area (Å²) in [5.74, 6) is 3.38. The Kier molecular flexibility index (Phi) is 4.47. The lowest BCUT2D eigenvalue weighted by Gasteiger charge is -2.36. The Morgan fingerprint density at radius 3 is 2.15 bits per heavy atom. The fourth-order valence-electron chi connectivity index (χ4n) is 3.13. The summed E-state index contributed by atoms with van der Waals surface area (Å²) in [5.41, 5.74) is 1.16. The Morgan fingerprint density at radius 1 is 0.962 bits per heavy atom. The van der Waals surface area contributed by atoms with Gasteiger partial charge in [-0.3, -0.25) is 0 Å². The maximum Gasteiger partial charge on any atom is 0.225 e. The highest BCUT2D eigenvalue weighted by molar-refractivity contribution is 6.30. The SMILES string of the molecule is CC(C)(C)c1cc(N2CCN(c3ncc(Cl)cn3)CC2)nc(C2CC2)n1. The topological polar surface area (TPSA) is 58.0 Å². The number of aromatic nitrogens is 4. The van der Waals surface area contributed by atoms with E-state index in [-0.39, 0.29) is 5.41 Å². The number of anilines is 2. The average Bonchev–Trinajstić information content (AvgIpc) is 3.47. The van der Waals surface area contributed by atoms with Crippen molar-refractivity contribution < 1.29 is 0 Å². The molecule has 7 heteroatoms. The van der Waals surface area contributed by atoms with E-state index in [1.165, 1.54) is 12.8 Å². The summed E-state index contributed by atoms with van der Waals surface area (Å²) in [6.45, 7) is 10.2. The average molecular weight is 373 g/mol. The smallest absolute Gasteiger partial charge is 0.225 e. The summed E-state index contributed by atoms with van der Waals surface area (Å²) < 4.78 is 0. The van der Waals surface area contributed by atoms with E-state index in [1.54, 1.807) is 12.4 Å². The molecule has 2 fully saturated rings. The van der Waals surface area contributed by atoms with Gasteiger partial charge in [0.25, 0.3) is 0 Å². The number of piperazine rings is 1. The maximum absolute atomic E-state index is 5.88. The van der Waals surface area contributed by atoms with Crippen molar-refractivity contribution in [3.05, 3.63) is 35.0 Å². The first-order chi connectivity index (χ1) is 12.4. The molecule has 0 N–H and O–H groups in total. The molecule has 0 spiro atoms. The zero-order chi connectivity index (χ0) is 18.3. The minimum absolute atomic E-state index is 0.0281. The van der Waals surface area contributed by atoms with Gasteiger partial charge in [0.2, 0.25) is 5.95 Å². The molecule has 1 saturated heterocycles. The highest BCUT2D eigenvalue weighted by Crippen LogP contribution is 2.39. The largest absolute Gasteiger partial charge is 0.353 e. The summed E-state index contributed by atoms with van der Waals surface area (Å²) in [4.78, 5) is 23.0. The zero-order valence-electron chi connectivity index (χ0n) is 15.6. The third-order valence-electron chi connectivity index (χ3n) is 4.93. The second kappa shape index (κ2) is 6.65. The van der Waals surface area contributed by atoms with Crippen LogP contribution in [-0.4, -0.2) is 46.1 Å². The molecule has 2 aromatic rings. The summed E-state index contributed by atoms with van der Waals surface area (Å²) >= 11 is 5.88. The van der Waals surface area contributed by atoms with Crippen molar-refractivity contribution in [1.29, 1.82) is 0 Å². The van der Waals surface area contributed by atoms with E-state index in [0.717, 1.165) is 49.5 Å². The second-order valence-corrected chi connectivity index (χ2v) is 8.61. The summed E-state index contributed by atoms with van der Waals surface area (Å²) in [6, 6.07) is 2.17. The molecule has 1 aliphatic carbocycles. The first-order valence-corrected chi connectivity index (χ1v) is 9.65. The molecular weight excluding hydrogens is 348 g/mol. The van der Waals surface area contributed by atoms with E-state index >= 15 is 0 Å². The molecule has 2 aromatic heterocycles. The lowest BCUT2D eigenvalue weighted by Crippen LogP contribution is -2.47. The number of nitrogens with zero attached hydrogens (tertiary/aromatic N) is 6. The Hall–Kier alpha value is -1.95. The Balaban J connectivity index is 1.52. The van der Waals surface area contributed by atoms with Crippen LogP contribution in [0.5, 0.6) is 0 Å². The molecule has 3 heterocycles. The van der Waals surface area contributed by atoms with Gasteiger partial charge in [-0.05, 0) is 12.8 Å². The molecule has 138 valence electrons. The molecule has 0 bridgehead atoms. The first-order valence-electron chi connectivity index (χ1n) is 9.27. The number of halogens is 1. The van der Waals surface area contributed by atoms with Gasteiger partial charge >= 0.3 is 0 Å². The molecule has 1 saturated carbocycles. The number of hydrogen-bond acceptors (Lipinski definition) is 6. The third kappa shape index (κ3) is 3.75. The fourth-order valence-corrected chi connectivity index (χ4v) is 3.22. The van der Waals surface area contributed by atoms with Gasteiger partial charge in [0.1, 0.15) is 11.6 Å². The van der Waals surface area contributed by atoms with Crippen LogP contribution in [0, 0.1) is 0 Å². The quantitative estimate of drug-likeness (QED) is 0.822. The van der Waals surface area contributed by atoms with Crippen molar-refractivity contribution in [3.8, 4) is 0 Å². The Bertz CT molecular complexity index is 774. The Labute approximate surface area is 159 Å². The molecule has 6 nitrogen and oxygen atoms in total. The van der Waals surface area contributed by atoms with E-state index in [9.17, 15) is 0 Å². The van der Waals surface area contributed by atoms with Crippen LogP contribution < -0.4 is 9.80 Å². The van der Waals surface area contributed by atoms with Gasteiger partial charge in [0.05, 0.1) is 23.1 Å². The summed E-state index contributed by atoms with van der Waals surface area (Å²) in [5, 5.41) is 0.565. The van der Waals surface area contributed by atoms with Crippen LogP contribution >= 0.6 is 11.6 Å². The van der Waals surface area contributed by atoms with Gasteiger partial charge < -0.3 is 9.80 Å². The van der Waals surface area contributed by atoms with E-state index in [4.69, 9.17) is 21.6 Å². The minimum Gasteiger partial charge on any atom is -0.353 e. The maximum atomic E-state index is 5.88. The van der Waals surface area contributed by atoms with Crippen molar-refractivity contribution in [3.63, 3.8) is 0 Å². The Morgan fingerprint density at radius 2 is 1.58 bits per heavy atom. The van der Waals surface area contributed by atoms with Crippen LogP contribution in [0.15, 0.2) is 18.5 Å². The summed E-state index contributed by atoms with van der Waals surface area (Å²) in [6.07, 6.45) is 5.74. The lowest BCUT2D eigenvalue weighted by molar-refractivity contribution is 0.559. The highest BCUT2D eigenvalue weighted by atomic mass is 35.5. The van der Waals surface area contributed by atoms with Crippen molar-refractivity contribution >= 4 is 23.4 Å². The van der Waals surface area contributed by atoms with Crippen molar-refractivity contribution in [2.24, 2.45) is 0 Å². The van der Waals surface area contributed by atoms with Gasteiger partial charge in [0, 0.05) is 43.6 Å². The standard InChI is InChI=1S/C19H25ClN6/c1-19(2,3)15-10-16(24-17(23-15)13-4-5-13)25-6-8-26(9-7-25)18-21-11-14(20)12-22-18/h10-13H,4-9H2,1-3H3. The van der Waals surface area contributed by atoms with E-state index in [1.807, 2.05) is 0 Å². The van der Waals surface area contributed by atoms with Crippen molar-refractivity contribution in [2.75, 3.05) is 36.0 Å². The molecule has 4 rings (SSSR count). The molecule has 0 unspecified atom stereocenters. The number of rotatable bonds is 3. The van der Waals surface area contributed by atoms with E-state index in [2.05, 4.69) is 46.6 Å². The lowest BCUT2D eigenvalue weighted by atomic mass is 9.91. The minimum atomic E-state index is 0.0281.